The Morgan fingerprint density at radius 3 is 2.32 bits per heavy atom. The monoisotopic (exact) mass is 535 g/mol. The van der Waals surface area contributed by atoms with Crippen LogP contribution in [0.15, 0.2) is 30.6 Å². The third-order valence-electron chi connectivity index (χ3n) is 5.46. The number of aliphatic hydroxyl groups is 1. The predicted octanol–water partition coefficient (Wildman–Crippen LogP) is 3.78. The first-order valence-corrected chi connectivity index (χ1v) is 11.2. The van der Waals surface area contributed by atoms with Crippen molar-refractivity contribution in [1.29, 1.82) is 0 Å². The zero-order valence-corrected chi connectivity index (χ0v) is 21.4. The summed E-state index contributed by atoms with van der Waals surface area (Å²) in [5.41, 5.74) is -1.44. The lowest BCUT2D eigenvalue weighted by atomic mass is 9.96. The standard InChI is InChI=1S/C24H30F2N8O4/c1-24(2,35)14-9-15(25)16(26)10-17(14)29-22-27-13-28-23(31-22)30-18-11-20(34(36)37)19(12-21(18)38-6)33(5)8-7-32(3)4/h9-13,35H,7-8H2,1-6H3,(H2,27,28,29,30,31)/i3D3. The maximum atomic E-state index is 14.0. The molecule has 0 aliphatic rings. The number of methoxy groups -OCH3 is 1. The summed E-state index contributed by atoms with van der Waals surface area (Å²) in [5.74, 6) is -2.26. The molecule has 0 unspecified atom stereocenters. The van der Waals surface area contributed by atoms with E-state index in [1.807, 2.05) is 0 Å². The molecule has 1 aromatic heterocycles. The summed E-state index contributed by atoms with van der Waals surface area (Å²) in [6.45, 7) is 0.774. The lowest BCUT2D eigenvalue weighted by Crippen LogP contribution is -2.29. The molecule has 3 aromatic rings. The van der Waals surface area contributed by atoms with Crippen molar-refractivity contribution in [2.24, 2.45) is 0 Å². The van der Waals surface area contributed by atoms with Crippen LogP contribution in [0.1, 0.15) is 23.5 Å². The highest BCUT2D eigenvalue weighted by Gasteiger charge is 2.25. The van der Waals surface area contributed by atoms with Gasteiger partial charge in [-0.1, -0.05) is 0 Å². The van der Waals surface area contributed by atoms with Gasteiger partial charge in [-0.2, -0.15) is 4.98 Å². The Kier molecular flexibility index (Phi) is 7.31. The van der Waals surface area contributed by atoms with Gasteiger partial charge in [-0.25, -0.2) is 18.7 Å². The van der Waals surface area contributed by atoms with Gasteiger partial charge in [-0.3, -0.25) is 10.1 Å². The van der Waals surface area contributed by atoms with Crippen LogP contribution in [0, 0.1) is 21.7 Å². The Morgan fingerprint density at radius 2 is 1.74 bits per heavy atom. The van der Waals surface area contributed by atoms with E-state index >= 15 is 0 Å². The van der Waals surface area contributed by atoms with Gasteiger partial charge in [-0.05, 0) is 33.9 Å². The number of anilines is 5. The van der Waals surface area contributed by atoms with Crippen LogP contribution in [0.3, 0.4) is 0 Å². The molecule has 0 bridgehead atoms. The quantitative estimate of drug-likeness (QED) is 0.244. The largest absolute Gasteiger partial charge is 0.494 e. The fourth-order valence-corrected chi connectivity index (χ4v) is 3.51. The first kappa shape index (κ1) is 24.2. The molecule has 14 heteroatoms. The lowest BCUT2D eigenvalue weighted by molar-refractivity contribution is -0.384. The summed E-state index contributed by atoms with van der Waals surface area (Å²) in [4.78, 5) is 26.2. The molecule has 1 heterocycles. The van der Waals surface area contributed by atoms with E-state index < -0.39 is 29.1 Å². The zero-order valence-electron chi connectivity index (χ0n) is 24.4. The fraction of sp³-hybridized carbons (Fsp3) is 0.375. The van der Waals surface area contributed by atoms with Gasteiger partial charge in [0.15, 0.2) is 11.6 Å². The van der Waals surface area contributed by atoms with Gasteiger partial charge in [0.2, 0.25) is 11.9 Å². The van der Waals surface area contributed by atoms with Gasteiger partial charge >= 0.3 is 0 Å². The van der Waals surface area contributed by atoms with Crippen molar-refractivity contribution in [3.8, 4) is 5.75 Å². The Bertz CT molecular complexity index is 1420. The number of nitro benzene ring substituents is 1. The molecular formula is C24H30F2N8O4. The molecule has 0 radical (unpaired) electrons. The molecule has 3 rings (SSSR count). The van der Waals surface area contributed by atoms with Crippen LogP contribution < -0.4 is 20.3 Å². The van der Waals surface area contributed by atoms with Crippen molar-refractivity contribution in [2.75, 3.05) is 56.8 Å². The minimum atomic E-state index is -2.31. The maximum absolute atomic E-state index is 14.0. The molecule has 0 saturated carbocycles. The van der Waals surface area contributed by atoms with Gasteiger partial charge in [-0.15, -0.1) is 0 Å². The number of hydrogen-bond acceptors (Lipinski definition) is 11. The molecule has 0 aliphatic carbocycles. The van der Waals surface area contributed by atoms with Crippen LogP contribution in [0.25, 0.3) is 0 Å². The average molecular weight is 536 g/mol. The molecule has 0 atom stereocenters. The first-order chi connectivity index (χ1) is 19.0. The minimum Gasteiger partial charge on any atom is -0.494 e. The van der Waals surface area contributed by atoms with E-state index in [9.17, 15) is 24.0 Å². The number of benzene rings is 2. The topological polar surface area (TPSA) is 142 Å². The number of nitro groups is 1. The molecule has 204 valence electrons. The number of nitrogens with zero attached hydrogens (tertiary/aromatic N) is 6. The fourth-order valence-electron chi connectivity index (χ4n) is 3.51. The first-order valence-electron chi connectivity index (χ1n) is 12.7. The number of aromatic nitrogens is 3. The highest BCUT2D eigenvalue weighted by Crippen LogP contribution is 2.39. The van der Waals surface area contributed by atoms with Crippen molar-refractivity contribution >= 4 is 34.6 Å². The minimum absolute atomic E-state index is 0.0123. The third kappa shape index (κ3) is 6.77. The van der Waals surface area contributed by atoms with Gasteiger partial charge in [0.05, 0.1) is 29.0 Å². The Morgan fingerprint density at radius 1 is 1.11 bits per heavy atom. The van der Waals surface area contributed by atoms with Crippen molar-refractivity contribution in [2.45, 2.75) is 19.4 Å². The van der Waals surface area contributed by atoms with Gasteiger partial charge in [0, 0.05) is 48.0 Å². The van der Waals surface area contributed by atoms with E-state index in [-0.39, 0.29) is 59.0 Å². The lowest BCUT2D eigenvalue weighted by Gasteiger charge is -2.23. The molecular weight excluding hydrogens is 502 g/mol. The number of nitrogens with one attached hydrogen (secondary N) is 2. The Hall–Kier alpha value is -4.17. The van der Waals surface area contributed by atoms with Crippen molar-refractivity contribution < 1.29 is 27.7 Å². The molecule has 2 aromatic carbocycles. The number of rotatable bonds is 11. The summed E-state index contributed by atoms with van der Waals surface area (Å²) < 4.78 is 55.7. The van der Waals surface area contributed by atoms with E-state index in [0.717, 1.165) is 23.4 Å². The van der Waals surface area contributed by atoms with Gasteiger partial charge in [0.1, 0.15) is 17.8 Å². The van der Waals surface area contributed by atoms with Crippen LogP contribution in [-0.4, -0.2) is 71.2 Å². The van der Waals surface area contributed by atoms with E-state index in [4.69, 9.17) is 8.85 Å². The maximum Gasteiger partial charge on any atom is 0.294 e. The second kappa shape index (κ2) is 11.5. The van der Waals surface area contributed by atoms with Crippen LogP contribution >= 0.6 is 0 Å². The summed E-state index contributed by atoms with van der Waals surface area (Å²) >= 11 is 0. The van der Waals surface area contributed by atoms with Crippen LogP contribution in [0.4, 0.5) is 43.4 Å². The Labute approximate surface area is 222 Å². The van der Waals surface area contributed by atoms with Crippen LogP contribution in [0.5, 0.6) is 5.75 Å². The summed E-state index contributed by atoms with van der Waals surface area (Å²) in [7, 11) is 4.38. The summed E-state index contributed by atoms with van der Waals surface area (Å²) in [5, 5.41) is 27.9. The molecule has 0 spiro atoms. The van der Waals surface area contributed by atoms with E-state index in [0.29, 0.717) is 0 Å². The third-order valence-corrected chi connectivity index (χ3v) is 5.46. The second-order valence-electron chi connectivity index (χ2n) is 8.90. The number of likely N-dealkylation sites (N-methyl/N-ethyl adjacent to an activating group) is 2. The van der Waals surface area contributed by atoms with Crippen LogP contribution in [0.2, 0.25) is 0 Å². The molecule has 0 saturated heterocycles. The van der Waals surface area contributed by atoms with Crippen molar-refractivity contribution in [3.63, 3.8) is 0 Å². The molecule has 3 N–H and O–H groups in total. The smallest absolute Gasteiger partial charge is 0.294 e. The number of ether oxygens (including phenoxy) is 1. The SMILES string of the molecule is [2H]C([2H])([2H])N(C)CCN(C)c1cc(OC)c(Nc2ncnc(Nc3cc(F)c(F)cc3C(C)(C)O)n2)cc1[N+](=O)[O-]. The van der Waals surface area contributed by atoms with Crippen LogP contribution in [-0.2, 0) is 5.60 Å². The van der Waals surface area contributed by atoms with E-state index in [1.54, 1.807) is 11.9 Å². The molecule has 0 aliphatic heterocycles. The molecule has 0 amide bonds. The number of hydrogen-bond donors (Lipinski definition) is 3. The van der Waals surface area contributed by atoms with E-state index in [2.05, 4.69) is 25.6 Å². The highest BCUT2D eigenvalue weighted by molar-refractivity contribution is 5.76. The predicted molar refractivity (Wildman–Crippen MR) is 139 cm³/mol. The van der Waals surface area contributed by atoms with Gasteiger partial charge < -0.3 is 30.3 Å². The average Bonchev–Trinajstić information content (AvgIpc) is 2.87. The summed E-state index contributed by atoms with van der Waals surface area (Å²) in [6.07, 6.45) is 1.12. The molecule has 12 nitrogen and oxygen atoms in total. The highest BCUT2D eigenvalue weighted by atomic mass is 19.2. The van der Waals surface area contributed by atoms with Crippen molar-refractivity contribution in [3.05, 3.63) is 57.9 Å². The Balaban J connectivity index is 1.91. The zero-order chi connectivity index (χ0) is 30.7. The van der Waals surface area contributed by atoms with Gasteiger partial charge in [0.25, 0.3) is 5.69 Å². The summed E-state index contributed by atoms with van der Waals surface area (Å²) in [6, 6.07) is 4.36. The van der Waals surface area contributed by atoms with Crippen molar-refractivity contribution in [1.82, 2.24) is 19.9 Å². The number of halogens is 2. The molecule has 0 fully saturated rings. The molecule has 38 heavy (non-hydrogen) atoms. The normalized spacial score (nSPS) is 12.9. The van der Waals surface area contributed by atoms with E-state index in [1.165, 1.54) is 40.1 Å². The second-order valence-corrected chi connectivity index (χ2v) is 8.90.